The predicted molar refractivity (Wildman–Crippen MR) is 95.0 cm³/mol. The number of rotatable bonds is 6. The number of aromatic nitrogens is 2. The molecule has 1 aliphatic heterocycles. The van der Waals surface area contributed by atoms with Gasteiger partial charge in [0.25, 0.3) is 0 Å². The van der Waals surface area contributed by atoms with Crippen molar-refractivity contribution >= 4 is 11.8 Å². The van der Waals surface area contributed by atoms with Crippen LogP contribution >= 0.6 is 0 Å². The number of nitrogens with one attached hydrogen (secondary N) is 1. The van der Waals surface area contributed by atoms with Crippen LogP contribution in [-0.4, -0.2) is 46.3 Å². The van der Waals surface area contributed by atoms with Crippen LogP contribution in [-0.2, 0) is 28.9 Å². The molecule has 6 heteroatoms. The lowest BCUT2D eigenvalue weighted by Gasteiger charge is -2.18. The molecule has 0 saturated carbocycles. The van der Waals surface area contributed by atoms with Crippen LogP contribution in [0.3, 0.4) is 0 Å². The van der Waals surface area contributed by atoms with Crippen LogP contribution in [0.4, 0.5) is 0 Å². The third-order valence-corrected chi connectivity index (χ3v) is 5.00. The summed E-state index contributed by atoms with van der Waals surface area (Å²) in [4.78, 5) is 35.3. The lowest BCUT2D eigenvalue weighted by molar-refractivity contribution is -0.129. The molecule has 1 fully saturated rings. The van der Waals surface area contributed by atoms with E-state index < -0.39 is 0 Å². The first-order chi connectivity index (χ1) is 11.9. The first-order valence-electron chi connectivity index (χ1n) is 9.34. The normalized spacial score (nSPS) is 19.6. The quantitative estimate of drug-likeness (QED) is 0.847. The van der Waals surface area contributed by atoms with Crippen molar-refractivity contribution in [2.75, 3.05) is 19.6 Å². The molecular formula is C19H28N4O2. The number of nitrogens with zero attached hydrogens (tertiary/aromatic N) is 3. The van der Waals surface area contributed by atoms with Crippen molar-refractivity contribution in [2.24, 2.45) is 11.8 Å². The van der Waals surface area contributed by atoms with Crippen molar-refractivity contribution in [1.82, 2.24) is 20.2 Å². The highest BCUT2D eigenvalue weighted by Gasteiger charge is 2.34. The Morgan fingerprint density at radius 2 is 2.12 bits per heavy atom. The predicted octanol–water partition coefficient (Wildman–Crippen LogP) is 1.44. The fourth-order valence-corrected chi connectivity index (χ4v) is 3.80. The number of aryl methyl sites for hydroxylation is 2. The zero-order valence-electron chi connectivity index (χ0n) is 15.5. The Balaban J connectivity index is 1.49. The Bertz CT molecular complexity index is 672. The maximum absolute atomic E-state index is 12.3. The molecule has 0 radical (unpaired) electrons. The second kappa shape index (κ2) is 7.50. The lowest BCUT2D eigenvalue weighted by atomic mass is 10.1. The van der Waals surface area contributed by atoms with Crippen LogP contribution in [0.2, 0.25) is 0 Å². The van der Waals surface area contributed by atoms with E-state index in [9.17, 15) is 9.59 Å². The van der Waals surface area contributed by atoms with Crippen molar-refractivity contribution in [2.45, 2.75) is 52.9 Å². The highest BCUT2D eigenvalue weighted by Crippen LogP contribution is 2.22. The Labute approximate surface area is 149 Å². The molecule has 1 aromatic rings. The molecule has 1 N–H and O–H groups in total. The number of carbonyl (C=O) groups excluding carboxylic acids is 2. The van der Waals surface area contributed by atoms with E-state index in [2.05, 4.69) is 29.1 Å². The van der Waals surface area contributed by atoms with Crippen LogP contribution in [0, 0.1) is 18.8 Å². The Hall–Kier alpha value is -1.98. The summed E-state index contributed by atoms with van der Waals surface area (Å²) in [6, 6.07) is 0. The van der Waals surface area contributed by atoms with Gasteiger partial charge >= 0.3 is 0 Å². The molecule has 1 aromatic heterocycles. The van der Waals surface area contributed by atoms with Gasteiger partial charge < -0.3 is 10.2 Å². The molecule has 0 aromatic carbocycles. The molecule has 1 unspecified atom stereocenters. The third-order valence-electron chi connectivity index (χ3n) is 5.00. The summed E-state index contributed by atoms with van der Waals surface area (Å²) in [7, 11) is 0. The second-order valence-corrected chi connectivity index (χ2v) is 7.64. The van der Waals surface area contributed by atoms with E-state index in [4.69, 9.17) is 0 Å². The second-order valence-electron chi connectivity index (χ2n) is 7.64. The van der Waals surface area contributed by atoms with E-state index in [1.165, 1.54) is 11.3 Å². The first-order valence-corrected chi connectivity index (χ1v) is 9.34. The summed E-state index contributed by atoms with van der Waals surface area (Å²) in [6.45, 7) is 7.99. The van der Waals surface area contributed by atoms with E-state index in [0.29, 0.717) is 31.8 Å². The number of amides is 2. The zero-order valence-corrected chi connectivity index (χ0v) is 15.5. The van der Waals surface area contributed by atoms with Gasteiger partial charge in [-0.05, 0) is 37.7 Å². The molecule has 25 heavy (non-hydrogen) atoms. The van der Waals surface area contributed by atoms with E-state index in [-0.39, 0.29) is 17.7 Å². The summed E-state index contributed by atoms with van der Waals surface area (Å²) in [5.74, 6) is 1.06. The maximum atomic E-state index is 12.3. The number of fused-ring (bicyclic) bond motifs is 1. The van der Waals surface area contributed by atoms with Crippen LogP contribution in [0.5, 0.6) is 0 Å². The summed E-state index contributed by atoms with van der Waals surface area (Å²) in [6.07, 6.45) is 4.24. The molecular weight excluding hydrogens is 316 g/mol. The van der Waals surface area contributed by atoms with E-state index in [1.807, 2.05) is 11.8 Å². The fourth-order valence-electron chi connectivity index (χ4n) is 3.80. The van der Waals surface area contributed by atoms with Gasteiger partial charge in [-0.2, -0.15) is 0 Å². The molecule has 6 nitrogen and oxygen atoms in total. The monoisotopic (exact) mass is 344 g/mol. The SMILES string of the molecule is Cc1nc(CCNC(=O)C2CC(=O)N(CC(C)C)C2)nc2c1CCC2. The van der Waals surface area contributed by atoms with Crippen molar-refractivity contribution in [3.8, 4) is 0 Å². The lowest BCUT2D eigenvalue weighted by Crippen LogP contribution is -2.35. The first kappa shape index (κ1) is 17.8. The molecule has 1 atom stereocenters. The minimum absolute atomic E-state index is 0.0301. The molecule has 1 aliphatic carbocycles. The Morgan fingerprint density at radius 3 is 2.88 bits per heavy atom. The standard InChI is InChI=1S/C19H28N4O2/c1-12(2)10-23-11-14(9-18(23)24)19(25)20-8-7-17-21-13(3)15-5-4-6-16(15)22-17/h12,14H,4-11H2,1-3H3,(H,20,25). The van der Waals surface area contributed by atoms with E-state index in [0.717, 1.165) is 37.3 Å². The molecule has 2 aliphatic rings. The molecule has 1 saturated heterocycles. The smallest absolute Gasteiger partial charge is 0.225 e. The van der Waals surface area contributed by atoms with E-state index >= 15 is 0 Å². The van der Waals surface area contributed by atoms with Gasteiger partial charge in [0, 0.05) is 43.9 Å². The number of likely N-dealkylation sites (tertiary alicyclic amines) is 1. The number of hydrogen-bond acceptors (Lipinski definition) is 4. The van der Waals surface area contributed by atoms with Gasteiger partial charge in [-0.1, -0.05) is 13.8 Å². The molecule has 0 bridgehead atoms. The molecule has 2 heterocycles. The van der Waals surface area contributed by atoms with Crippen molar-refractivity contribution in [1.29, 1.82) is 0 Å². The summed E-state index contributed by atoms with van der Waals surface area (Å²) in [5.41, 5.74) is 3.57. The Kier molecular flexibility index (Phi) is 5.35. The van der Waals surface area contributed by atoms with Crippen LogP contribution in [0.15, 0.2) is 0 Å². The van der Waals surface area contributed by atoms with Crippen LogP contribution < -0.4 is 5.32 Å². The van der Waals surface area contributed by atoms with Crippen LogP contribution in [0.1, 0.15) is 49.5 Å². The minimum Gasteiger partial charge on any atom is -0.355 e. The Morgan fingerprint density at radius 1 is 1.32 bits per heavy atom. The molecule has 0 spiro atoms. The summed E-state index contributed by atoms with van der Waals surface area (Å²) >= 11 is 0. The summed E-state index contributed by atoms with van der Waals surface area (Å²) in [5, 5.41) is 2.96. The minimum atomic E-state index is -0.228. The van der Waals surface area contributed by atoms with Crippen molar-refractivity contribution in [3.63, 3.8) is 0 Å². The highest BCUT2D eigenvalue weighted by molar-refractivity contribution is 5.89. The maximum Gasteiger partial charge on any atom is 0.225 e. The topological polar surface area (TPSA) is 75.2 Å². The highest BCUT2D eigenvalue weighted by atomic mass is 16.2. The fraction of sp³-hybridized carbons (Fsp3) is 0.684. The van der Waals surface area contributed by atoms with E-state index in [1.54, 1.807) is 0 Å². The zero-order chi connectivity index (χ0) is 18.0. The number of hydrogen-bond donors (Lipinski definition) is 1. The third kappa shape index (κ3) is 4.17. The number of carbonyl (C=O) groups is 2. The van der Waals surface area contributed by atoms with Gasteiger partial charge in [-0.15, -0.1) is 0 Å². The molecule has 3 rings (SSSR count). The molecule has 2 amide bonds. The van der Waals surface area contributed by atoms with Crippen LogP contribution in [0.25, 0.3) is 0 Å². The van der Waals surface area contributed by atoms with Gasteiger partial charge in [0.1, 0.15) is 5.82 Å². The largest absolute Gasteiger partial charge is 0.355 e. The van der Waals surface area contributed by atoms with Gasteiger partial charge in [0.15, 0.2) is 0 Å². The molecule has 136 valence electrons. The van der Waals surface area contributed by atoms with Crippen molar-refractivity contribution < 1.29 is 9.59 Å². The van der Waals surface area contributed by atoms with Gasteiger partial charge in [0.2, 0.25) is 11.8 Å². The van der Waals surface area contributed by atoms with Crippen molar-refractivity contribution in [3.05, 3.63) is 22.8 Å². The average Bonchev–Trinajstić information content (AvgIpc) is 3.14. The average molecular weight is 344 g/mol. The van der Waals surface area contributed by atoms with Gasteiger partial charge in [-0.3, -0.25) is 9.59 Å². The summed E-state index contributed by atoms with van der Waals surface area (Å²) < 4.78 is 0. The van der Waals surface area contributed by atoms with Gasteiger partial charge in [0.05, 0.1) is 5.92 Å². The van der Waals surface area contributed by atoms with Gasteiger partial charge in [-0.25, -0.2) is 9.97 Å².